The number of rotatable bonds is 5. The molecule has 1 unspecified atom stereocenters. The molecule has 1 N–H and O–H groups in total. The van der Waals surface area contributed by atoms with Gasteiger partial charge in [0, 0.05) is 17.8 Å². The van der Waals surface area contributed by atoms with Crippen molar-refractivity contribution in [3.05, 3.63) is 11.8 Å². The lowest BCUT2D eigenvalue weighted by molar-refractivity contribution is -0.135. The molecule has 0 aliphatic carbocycles. The molecule has 1 fully saturated rings. The van der Waals surface area contributed by atoms with Crippen LogP contribution in [0.1, 0.15) is 12.1 Å². The van der Waals surface area contributed by atoms with Crippen molar-refractivity contribution in [3.8, 4) is 5.88 Å². The average Bonchev–Trinajstić information content (AvgIpc) is 2.75. The minimum atomic E-state index is -3.13. The van der Waals surface area contributed by atoms with Crippen molar-refractivity contribution >= 4 is 21.8 Å². The van der Waals surface area contributed by atoms with Gasteiger partial charge < -0.3 is 14.7 Å². The van der Waals surface area contributed by atoms with Crippen molar-refractivity contribution < 1.29 is 23.1 Å². The summed E-state index contributed by atoms with van der Waals surface area (Å²) in [5, 5.41) is 9.05. The zero-order valence-electron chi connectivity index (χ0n) is 11.8. The Bertz CT molecular complexity index is 646. The Hall–Kier alpha value is -1.90. The number of anilines is 1. The van der Waals surface area contributed by atoms with Gasteiger partial charge in [-0.25, -0.2) is 13.4 Å². The third-order valence-corrected chi connectivity index (χ3v) is 4.99. The number of ether oxygens (including phenoxy) is 1. The summed E-state index contributed by atoms with van der Waals surface area (Å²) < 4.78 is 28.3. The van der Waals surface area contributed by atoms with Gasteiger partial charge >= 0.3 is 5.97 Å². The van der Waals surface area contributed by atoms with Gasteiger partial charge in [-0.3, -0.25) is 4.79 Å². The number of aryl methyl sites for hydroxylation is 1. The van der Waals surface area contributed by atoms with Crippen LogP contribution in [0.4, 0.5) is 5.95 Å². The average molecular weight is 315 g/mol. The van der Waals surface area contributed by atoms with Crippen molar-refractivity contribution in [2.45, 2.75) is 19.4 Å². The van der Waals surface area contributed by atoms with E-state index in [0.717, 1.165) is 0 Å². The van der Waals surface area contributed by atoms with E-state index < -0.39 is 21.8 Å². The highest BCUT2D eigenvalue weighted by Crippen LogP contribution is 2.23. The van der Waals surface area contributed by atoms with E-state index in [1.807, 2.05) is 0 Å². The second-order valence-corrected chi connectivity index (χ2v) is 7.16. The quantitative estimate of drug-likeness (QED) is 0.800. The lowest BCUT2D eigenvalue weighted by Crippen LogP contribution is -2.41. The molecule has 2 rings (SSSR count). The first-order valence-corrected chi connectivity index (χ1v) is 8.21. The maximum absolute atomic E-state index is 11.6. The summed E-state index contributed by atoms with van der Waals surface area (Å²) in [6.45, 7) is 1.38. The lowest BCUT2D eigenvalue weighted by Gasteiger charge is -2.26. The molecule has 1 aromatic heterocycles. The minimum absolute atomic E-state index is 0.0523. The van der Waals surface area contributed by atoms with Gasteiger partial charge in [0.25, 0.3) is 0 Å². The van der Waals surface area contributed by atoms with Crippen LogP contribution in [0, 0.1) is 6.92 Å². The molecule has 9 heteroatoms. The van der Waals surface area contributed by atoms with E-state index in [1.54, 1.807) is 13.0 Å². The third kappa shape index (κ3) is 3.81. The number of hydrogen-bond donors (Lipinski definition) is 1. The molecule has 2 heterocycles. The van der Waals surface area contributed by atoms with Gasteiger partial charge in [-0.05, 0) is 13.3 Å². The molecule has 0 bridgehead atoms. The van der Waals surface area contributed by atoms with Crippen LogP contribution in [-0.4, -0.2) is 60.7 Å². The molecule has 0 aromatic carbocycles. The fourth-order valence-corrected chi connectivity index (χ4v) is 4.02. The Morgan fingerprint density at radius 1 is 1.52 bits per heavy atom. The molecule has 21 heavy (non-hydrogen) atoms. The van der Waals surface area contributed by atoms with Crippen LogP contribution in [0.2, 0.25) is 0 Å². The van der Waals surface area contributed by atoms with E-state index in [4.69, 9.17) is 9.84 Å². The first-order chi connectivity index (χ1) is 9.80. The van der Waals surface area contributed by atoms with Crippen LogP contribution >= 0.6 is 0 Å². The summed E-state index contributed by atoms with van der Waals surface area (Å²) in [7, 11) is -1.68. The number of sulfone groups is 1. The number of nitrogens with zero attached hydrogens (tertiary/aromatic N) is 3. The molecule has 1 saturated heterocycles. The summed E-state index contributed by atoms with van der Waals surface area (Å²) in [6.07, 6.45) is 0.370. The molecule has 0 spiro atoms. The topological polar surface area (TPSA) is 110 Å². The second kappa shape index (κ2) is 5.84. The maximum atomic E-state index is 11.6. The minimum Gasteiger partial charge on any atom is -0.481 e. The molecule has 8 nitrogen and oxygen atoms in total. The van der Waals surface area contributed by atoms with Crippen LogP contribution in [0.3, 0.4) is 0 Å². The molecule has 0 radical (unpaired) electrons. The summed E-state index contributed by atoms with van der Waals surface area (Å²) >= 11 is 0. The predicted molar refractivity (Wildman–Crippen MR) is 75.4 cm³/mol. The van der Waals surface area contributed by atoms with E-state index in [1.165, 1.54) is 12.0 Å². The number of aliphatic carboxylic acids is 1. The fraction of sp³-hybridized carbons (Fsp3) is 0.583. The monoisotopic (exact) mass is 315 g/mol. The standard InChI is InChI=1S/C12H17N3O5S/c1-8-5-10(20-2)14-12(13-8)15(6-11(16)17)9-3-4-21(18,19)7-9/h5,9H,3-4,6-7H2,1-2H3,(H,16,17). The number of carbonyl (C=O) groups is 1. The Labute approximate surface area is 122 Å². The van der Waals surface area contributed by atoms with E-state index in [0.29, 0.717) is 18.0 Å². The van der Waals surface area contributed by atoms with Crippen LogP contribution in [0.5, 0.6) is 5.88 Å². The summed E-state index contributed by atoms with van der Waals surface area (Å²) in [5.74, 6) is -0.607. The van der Waals surface area contributed by atoms with Crippen LogP contribution in [0.25, 0.3) is 0 Å². The van der Waals surface area contributed by atoms with Gasteiger partial charge in [0.05, 0.1) is 18.6 Å². The molecule has 116 valence electrons. The predicted octanol–water partition coefficient (Wildman–Crippen LogP) is -0.128. The normalized spacial score (nSPS) is 20.2. The SMILES string of the molecule is COc1cc(C)nc(N(CC(=O)O)C2CCS(=O)(=O)C2)n1. The van der Waals surface area contributed by atoms with Crippen molar-refractivity contribution in [1.82, 2.24) is 9.97 Å². The van der Waals surface area contributed by atoms with Crippen LogP contribution < -0.4 is 9.64 Å². The molecular weight excluding hydrogens is 298 g/mol. The van der Waals surface area contributed by atoms with Crippen LogP contribution in [-0.2, 0) is 14.6 Å². The Morgan fingerprint density at radius 2 is 2.24 bits per heavy atom. The summed E-state index contributed by atoms with van der Waals surface area (Å²) in [5.41, 5.74) is 0.619. The third-order valence-electron chi connectivity index (χ3n) is 3.24. The van der Waals surface area contributed by atoms with E-state index >= 15 is 0 Å². The Morgan fingerprint density at radius 3 is 2.76 bits per heavy atom. The summed E-state index contributed by atoms with van der Waals surface area (Å²) in [4.78, 5) is 20.8. The first-order valence-electron chi connectivity index (χ1n) is 6.39. The number of carboxylic acids is 1. The first kappa shape index (κ1) is 15.5. The lowest BCUT2D eigenvalue weighted by atomic mass is 10.2. The van der Waals surface area contributed by atoms with E-state index in [9.17, 15) is 13.2 Å². The summed E-state index contributed by atoms with van der Waals surface area (Å²) in [6, 6.07) is 1.19. The molecular formula is C12H17N3O5S. The number of methoxy groups -OCH3 is 1. The molecule has 0 saturated carbocycles. The number of carboxylic acid groups (broad SMARTS) is 1. The molecule has 1 atom stereocenters. The molecule has 1 aliphatic rings. The highest BCUT2D eigenvalue weighted by molar-refractivity contribution is 7.91. The van der Waals surface area contributed by atoms with Crippen molar-refractivity contribution in [2.24, 2.45) is 0 Å². The fourth-order valence-electron chi connectivity index (χ4n) is 2.29. The zero-order valence-corrected chi connectivity index (χ0v) is 12.6. The van der Waals surface area contributed by atoms with Gasteiger partial charge in [0.1, 0.15) is 6.54 Å². The smallest absolute Gasteiger partial charge is 0.323 e. The second-order valence-electron chi connectivity index (χ2n) is 4.93. The van der Waals surface area contributed by atoms with Gasteiger partial charge in [-0.1, -0.05) is 0 Å². The van der Waals surface area contributed by atoms with Gasteiger partial charge in [0.2, 0.25) is 11.8 Å². The van der Waals surface area contributed by atoms with Crippen molar-refractivity contribution in [2.75, 3.05) is 30.1 Å². The zero-order chi connectivity index (χ0) is 15.6. The van der Waals surface area contributed by atoms with Crippen molar-refractivity contribution in [3.63, 3.8) is 0 Å². The Balaban J connectivity index is 2.36. The molecule has 1 aliphatic heterocycles. The molecule has 0 amide bonds. The van der Waals surface area contributed by atoms with Gasteiger partial charge in [-0.15, -0.1) is 0 Å². The molecule has 1 aromatic rings. The largest absolute Gasteiger partial charge is 0.481 e. The number of aromatic nitrogens is 2. The van der Waals surface area contributed by atoms with Crippen molar-refractivity contribution in [1.29, 1.82) is 0 Å². The maximum Gasteiger partial charge on any atom is 0.323 e. The van der Waals surface area contributed by atoms with Crippen LogP contribution in [0.15, 0.2) is 6.07 Å². The van der Waals surface area contributed by atoms with E-state index in [2.05, 4.69) is 9.97 Å². The highest BCUT2D eigenvalue weighted by Gasteiger charge is 2.34. The highest BCUT2D eigenvalue weighted by atomic mass is 32.2. The Kier molecular flexibility index (Phi) is 4.31. The van der Waals surface area contributed by atoms with E-state index in [-0.39, 0.29) is 24.0 Å². The van der Waals surface area contributed by atoms with Gasteiger partial charge in [0.15, 0.2) is 9.84 Å². The van der Waals surface area contributed by atoms with Gasteiger partial charge in [-0.2, -0.15) is 4.98 Å². The number of hydrogen-bond acceptors (Lipinski definition) is 7.